The zero-order valence-electron chi connectivity index (χ0n) is 13.3. The Morgan fingerprint density at radius 3 is 2.80 bits per heavy atom. The summed E-state index contributed by atoms with van der Waals surface area (Å²) < 4.78 is 6.35. The fourth-order valence-electron chi connectivity index (χ4n) is 2.40. The average Bonchev–Trinajstić information content (AvgIpc) is 3.15. The van der Waals surface area contributed by atoms with Crippen molar-refractivity contribution in [2.45, 2.75) is 13.1 Å². The molecule has 0 bridgehead atoms. The number of benzene rings is 1. The van der Waals surface area contributed by atoms with Crippen molar-refractivity contribution in [3.63, 3.8) is 0 Å². The third-order valence-corrected chi connectivity index (χ3v) is 3.56. The molecule has 0 fully saturated rings. The second-order valence-electron chi connectivity index (χ2n) is 5.23. The van der Waals surface area contributed by atoms with Crippen LogP contribution in [-0.4, -0.2) is 15.7 Å². The Kier molecular flexibility index (Phi) is 4.77. The van der Waals surface area contributed by atoms with Gasteiger partial charge in [-0.05, 0) is 24.3 Å². The molecule has 25 heavy (non-hydrogen) atoms. The molecule has 2 aromatic heterocycles. The van der Waals surface area contributed by atoms with E-state index < -0.39 is 0 Å². The maximum Gasteiger partial charge on any atom is 0.275 e. The monoisotopic (exact) mass is 333 g/mol. The van der Waals surface area contributed by atoms with Crippen molar-refractivity contribution in [2.75, 3.05) is 0 Å². The summed E-state index contributed by atoms with van der Waals surface area (Å²) in [6.07, 6.45) is 9.77. The van der Waals surface area contributed by atoms with E-state index in [-0.39, 0.29) is 24.6 Å². The minimum absolute atomic E-state index is 0.0724. The predicted octanol–water partition coefficient (Wildman–Crippen LogP) is 1.95. The zero-order valence-corrected chi connectivity index (χ0v) is 13.3. The number of furan rings is 1. The normalized spacial score (nSPS) is 10.8. The average molecular weight is 333 g/mol. The molecule has 0 aliphatic heterocycles. The van der Waals surface area contributed by atoms with Crippen LogP contribution in [-0.2, 0) is 17.9 Å². The van der Waals surface area contributed by atoms with Gasteiger partial charge in [0.05, 0.1) is 23.9 Å². The predicted molar refractivity (Wildman–Crippen MR) is 94.4 cm³/mol. The van der Waals surface area contributed by atoms with E-state index in [0.29, 0.717) is 22.2 Å². The third kappa shape index (κ3) is 3.67. The number of nitrogens with one attached hydrogen (secondary N) is 1. The summed E-state index contributed by atoms with van der Waals surface area (Å²) in [5.74, 6) is 2.70. The first-order chi connectivity index (χ1) is 12.2. The molecule has 0 radical (unpaired) electrons. The van der Waals surface area contributed by atoms with Gasteiger partial charge in [-0.15, -0.1) is 6.42 Å². The zero-order chi connectivity index (χ0) is 17.6. The topological polar surface area (TPSA) is 77.1 Å². The maximum atomic E-state index is 12.3. The lowest BCUT2D eigenvalue weighted by Crippen LogP contribution is -2.27. The molecule has 6 heteroatoms. The molecular formula is C19H15N3O3. The first-order valence-corrected chi connectivity index (χ1v) is 7.60. The van der Waals surface area contributed by atoms with Crippen molar-refractivity contribution >= 4 is 22.8 Å². The van der Waals surface area contributed by atoms with E-state index in [2.05, 4.69) is 16.3 Å². The molecule has 1 N–H and O–H groups in total. The molecule has 3 aromatic rings. The number of carbonyl (C=O) groups excluding carboxylic acids is 1. The maximum absolute atomic E-state index is 12.3. The minimum atomic E-state index is -0.294. The first kappa shape index (κ1) is 16.3. The summed E-state index contributed by atoms with van der Waals surface area (Å²) in [5, 5.41) is 8.23. The number of fused-ring (bicyclic) bond motifs is 1. The van der Waals surface area contributed by atoms with E-state index in [4.69, 9.17) is 10.8 Å². The van der Waals surface area contributed by atoms with Gasteiger partial charge in [-0.3, -0.25) is 9.59 Å². The second kappa shape index (κ2) is 7.32. The van der Waals surface area contributed by atoms with Crippen molar-refractivity contribution in [1.29, 1.82) is 0 Å². The molecule has 0 spiro atoms. The lowest BCUT2D eigenvalue weighted by molar-refractivity contribution is -0.116. The van der Waals surface area contributed by atoms with Gasteiger partial charge in [0.1, 0.15) is 12.3 Å². The number of aromatic nitrogens is 2. The molecule has 3 rings (SSSR count). The van der Waals surface area contributed by atoms with Crippen LogP contribution in [0.3, 0.4) is 0 Å². The molecular weight excluding hydrogens is 318 g/mol. The van der Waals surface area contributed by atoms with Gasteiger partial charge in [-0.25, -0.2) is 4.68 Å². The molecule has 124 valence electrons. The highest BCUT2D eigenvalue weighted by Crippen LogP contribution is 2.13. The van der Waals surface area contributed by atoms with Crippen molar-refractivity contribution in [2.24, 2.45) is 0 Å². The van der Waals surface area contributed by atoms with Gasteiger partial charge in [-0.2, -0.15) is 5.10 Å². The van der Waals surface area contributed by atoms with Crippen molar-refractivity contribution in [3.05, 3.63) is 70.5 Å². The van der Waals surface area contributed by atoms with Crippen LogP contribution in [0.5, 0.6) is 0 Å². The Morgan fingerprint density at radius 2 is 2.08 bits per heavy atom. The summed E-state index contributed by atoms with van der Waals surface area (Å²) in [5.41, 5.74) is 0.326. The van der Waals surface area contributed by atoms with Gasteiger partial charge < -0.3 is 9.73 Å². The number of terminal acetylenes is 1. The van der Waals surface area contributed by atoms with E-state index >= 15 is 0 Å². The van der Waals surface area contributed by atoms with Crippen LogP contribution < -0.4 is 10.9 Å². The Bertz CT molecular complexity index is 1020. The molecule has 6 nitrogen and oxygen atoms in total. The van der Waals surface area contributed by atoms with Gasteiger partial charge in [0.15, 0.2) is 0 Å². The minimum Gasteiger partial charge on any atom is -0.465 e. The second-order valence-corrected chi connectivity index (χ2v) is 5.23. The van der Waals surface area contributed by atoms with Gasteiger partial charge >= 0.3 is 0 Å². The number of rotatable bonds is 5. The Morgan fingerprint density at radius 1 is 1.28 bits per heavy atom. The van der Waals surface area contributed by atoms with Crippen molar-refractivity contribution < 1.29 is 9.21 Å². The SMILES string of the molecule is C#CCn1nc(CNC(=O)/C=C/c2ccco2)c2ccccc2c1=O. The van der Waals surface area contributed by atoms with E-state index in [0.717, 1.165) is 0 Å². The van der Waals surface area contributed by atoms with Gasteiger partial charge in [-0.1, -0.05) is 24.1 Å². The standard InChI is InChI=1S/C19H15N3O3/c1-2-11-22-19(24)16-8-4-3-7-15(16)17(21-22)13-20-18(23)10-9-14-6-5-12-25-14/h1,3-10,12H,11,13H2,(H,20,23)/b10-9+. The van der Waals surface area contributed by atoms with Gasteiger partial charge in [0.25, 0.3) is 5.56 Å². The Hall–Kier alpha value is -3.59. The highest BCUT2D eigenvalue weighted by Gasteiger charge is 2.10. The summed E-state index contributed by atoms with van der Waals surface area (Å²) in [6, 6.07) is 10.6. The van der Waals surface area contributed by atoms with E-state index in [1.165, 1.54) is 17.0 Å². The molecule has 2 heterocycles. The van der Waals surface area contributed by atoms with Crippen LogP contribution in [0, 0.1) is 12.3 Å². The van der Waals surface area contributed by atoms with Crippen LogP contribution in [0.25, 0.3) is 16.8 Å². The lowest BCUT2D eigenvalue weighted by Gasteiger charge is -2.09. The molecule has 0 unspecified atom stereocenters. The Labute approximate surface area is 143 Å². The quantitative estimate of drug-likeness (QED) is 0.572. The summed E-state index contributed by atoms with van der Waals surface area (Å²) in [6.45, 7) is 0.246. The van der Waals surface area contributed by atoms with Crippen LogP contribution in [0.1, 0.15) is 11.5 Å². The molecule has 0 aliphatic rings. The molecule has 0 atom stereocenters. The molecule has 0 saturated carbocycles. The van der Waals surface area contributed by atoms with Crippen LogP contribution >= 0.6 is 0 Å². The number of amides is 1. The smallest absolute Gasteiger partial charge is 0.275 e. The fourth-order valence-corrected chi connectivity index (χ4v) is 2.40. The van der Waals surface area contributed by atoms with Crippen molar-refractivity contribution in [1.82, 2.24) is 15.1 Å². The van der Waals surface area contributed by atoms with Crippen LogP contribution in [0.15, 0.2) is 57.9 Å². The van der Waals surface area contributed by atoms with Crippen molar-refractivity contribution in [3.8, 4) is 12.3 Å². The highest BCUT2D eigenvalue weighted by molar-refractivity contribution is 5.91. The number of hydrogen-bond acceptors (Lipinski definition) is 4. The van der Waals surface area contributed by atoms with E-state index in [1.807, 2.05) is 6.07 Å². The number of nitrogens with zero attached hydrogens (tertiary/aromatic N) is 2. The highest BCUT2D eigenvalue weighted by atomic mass is 16.3. The van der Waals surface area contributed by atoms with E-state index in [9.17, 15) is 9.59 Å². The molecule has 1 amide bonds. The number of carbonyl (C=O) groups is 1. The summed E-state index contributed by atoms with van der Waals surface area (Å²) in [7, 11) is 0. The lowest BCUT2D eigenvalue weighted by atomic mass is 10.1. The largest absolute Gasteiger partial charge is 0.465 e. The van der Waals surface area contributed by atoms with Crippen LogP contribution in [0.2, 0.25) is 0 Å². The summed E-state index contributed by atoms with van der Waals surface area (Å²) >= 11 is 0. The fraction of sp³-hybridized carbons (Fsp3) is 0.105. The third-order valence-electron chi connectivity index (χ3n) is 3.56. The van der Waals surface area contributed by atoms with Crippen LogP contribution in [0.4, 0.5) is 0 Å². The molecule has 0 aliphatic carbocycles. The molecule has 0 saturated heterocycles. The molecule has 1 aromatic carbocycles. The van der Waals surface area contributed by atoms with Gasteiger partial charge in [0, 0.05) is 11.5 Å². The van der Waals surface area contributed by atoms with E-state index in [1.54, 1.807) is 36.4 Å². The van der Waals surface area contributed by atoms with Gasteiger partial charge in [0.2, 0.25) is 5.91 Å². The first-order valence-electron chi connectivity index (χ1n) is 7.60. The summed E-state index contributed by atoms with van der Waals surface area (Å²) in [4.78, 5) is 24.3. The Balaban J connectivity index is 1.83. The number of hydrogen-bond donors (Lipinski definition) is 1.